The van der Waals surface area contributed by atoms with Gasteiger partial charge in [-0.15, -0.1) is 0 Å². The summed E-state index contributed by atoms with van der Waals surface area (Å²) in [6.45, 7) is 3.75. The lowest BCUT2D eigenvalue weighted by Gasteiger charge is -2.42. The molecular formula is C15H17Cl2NO3. The highest BCUT2D eigenvalue weighted by Crippen LogP contribution is 2.39. The number of aliphatic carboxylic acids is 1. The molecule has 1 aromatic rings. The molecule has 1 aliphatic rings. The third-order valence-corrected chi connectivity index (χ3v) is 4.17. The van der Waals surface area contributed by atoms with Crippen molar-refractivity contribution >= 4 is 35.1 Å². The molecule has 2 unspecified atom stereocenters. The van der Waals surface area contributed by atoms with E-state index in [1.54, 1.807) is 23.1 Å². The van der Waals surface area contributed by atoms with E-state index in [1.807, 2.05) is 13.8 Å². The fraction of sp³-hybridized carbons (Fsp3) is 0.467. The molecule has 114 valence electrons. The molecule has 1 saturated heterocycles. The third-order valence-electron chi connectivity index (χ3n) is 3.74. The van der Waals surface area contributed by atoms with Crippen LogP contribution in [-0.4, -0.2) is 27.9 Å². The number of halogens is 2. The van der Waals surface area contributed by atoms with Crippen LogP contribution in [0.15, 0.2) is 18.2 Å². The molecule has 1 aromatic carbocycles. The van der Waals surface area contributed by atoms with Crippen molar-refractivity contribution in [1.82, 2.24) is 4.90 Å². The number of carboxylic acids is 1. The fourth-order valence-electron chi connectivity index (χ4n) is 2.92. The van der Waals surface area contributed by atoms with Crippen LogP contribution in [0.2, 0.25) is 10.0 Å². The Morgan fingerprint density at radius 1 is 1.29 bits per heavy atom. The number of carboxylic acid groups (broad SMARTS) is 1. The predicted octanol–water partition coefficient (Wildman–Crippen LogP) is 3.77. The highest BCUT2D eigenvalue weighted by Gasteiger charge is 2.41. The number of amides is 1. The smallest absolute Gasteiger partial charge is 0.308 e. The molecule has 2 rings (SSSR count). The van der Waals surface area contributed by atoms with Crippen molar-refractivity contribution in [1.29, 1.82) is 0 Å². The number of hydrogen-bond acceptors (Lipinski definition) is 2. The molecule has 1 N–H and O–H groups in total. The molecule has 0 bridgehead atoms. The first kappa shape index (κ1) is 16.1. The first-order valence-corrected chi connectivity index (χ1v) is 7.56. The molecule has 1 amide bonds. The summed E-state index contributed by atoms with van der Waals surface area (Å²) < 4.78 is 0. The van der Waals surface area contributed by atoms with Crippen molar-refractivity contribution in [2.24, 2.45) is 5.92 Å². The van der Waals surface area contributed by atoms with Crippen molar-refractivity contribution in [2.75, 3.05) is 0 Å². The topological polar surface area (TPSA) is 57.6 Å². The SMILES string of the molecule is CC(C)N1C(=O)CCC(C(=O)O)C1c1cc(Cl)cc(Cl)c1. The van der Waals surface area contributed by atoms with Crippen LogP contribution >= 0.6 is 23.2 Å². The van der Waals surface area contributed by atoms with Crippen LogP contribution in [0, 0.1) is 5.92 Å². The van der Waals surface area contributed by atoms with Crippen LogP contribution < -0.4 is 0 Å². The molecule has 4 nitrogen and oxygen atoms in total. The van der Waals surface area contributed by atoms with Crippen LogP contribution in [0.25, 0.3) is 0 Å². The summed E-state index contributed by atoms with van der Waals surface area (Å²) in [5.41, 5.74) is 0.668. The Hall–Kier alpha value is -1.26. The van der Waals surface area contributed by atoms with Crippen molar-refractivity contribution in [2.45, 2.75) is 38.8 Å². The number of hydrogen-bond donors (Lipinski definition) is 1. The van der Waals surface area contributed by atoms with E-state index in [-0.39, 0.29) is 18.4 Å². The maximum Gasteiger partial charge on any atom is 0.308 e. The zero-order valence-electron chi connectivity index (χ0n) is 11.8. The van der Waals surface area contributed by atoms with Crippen molar-refractivity contribution in [3.63, 3.8) is 0 Å². The molecule has 21 heavy (non-hydrogen) atoms. The molecule has 1 aliphatic heterocycles. The van der Waals surface area contributed by atoms with E-state index in [0.29, 0.717) is 22.0 Å². The zero-order chi connectivity index (χ0) is 15.7. The van der Waals surface area contributed by atoms with Gasteiger partial charge in [-0.1, -0.05) is 23.2 Å². The van der Waals surface area contributed by atoms with Crippen molar-refractivity contribution < 1.29 is 14.7 Å². The Kier molecular flexibility index (Phi) is 4.79. The number of piperidine rings is 1. The molecule has 0 saturated carbocycles. The van der Waals surface area contributed by atoms with Gasteiger partial charge in [-0.05, 0) is 44.0 Å². The average Bonchev–Trinajstić information content (AvgIpc) is 2.36. The highest BCUT2D eigenvalue weighted by molar-refractivity contribution is 6.34. The predicted molar refractivity (Wildman–Crippen MR) is 81.5 cm³/mol. The van der Waals surface area contributed by atoms with Gasteiger partial charge in [0.2, 0.25) is 5.91 Å². The Bertz CT molecular complexity index is 554. The molecular weight excluding hydrogens is 313 g/mol. The summed E-state index contributed by atoms with van der Waals surface area (Å²) in [5.74, 6) is -1.60. The molecule has 2 atom stereocenters. The summed E-state index contributed by atoms with van der Waals surface area (Å²) in [4.78, 5) is 25.4. The molecule has 0 aliphatic carbocycles. The van der Waals surface area contributed by atoms with E-state index in [0.717, 1.165) is 0 Å². The molecule has 0 radical (unpaired) electrons. The lowest BCUT2D eigenvalue weighted by atomic mass is 9.83. The molecule has 1 fully saturated rings. The Morgan fingerprint density at radius 2 is 1.86 bits per heavy atom. The number of likely N-dealkylation sites (tertiary alicyclic amines) is 1. The minimum Gasteiger partial charge on any atom is -0.481 e. The van der Waals surface area contributed by atoms with Crippen LogP contribution in [0.3, 0.4) is 0 Å². The summed E-state index contributed by atoms with van der Waals surface area (Å²) >= 11 is 12.1. The fourth-order valence-corrected chi connectivity index (χ4v) is 3.46. The van der Waals surface area contributed by atoms with Gasteiger partial charge in [-0.25, -0.2) is 0 Å². The summed E-state index contributed by atoms with van der Waals surface area (Å²) in [6.07, 6.45) is 0.576. The minimum absolute atomic E-state index is 0.0383. The molecule has 6 heteroatoms. The number of nitrogens with zero attached hydrogens (tertiary/aromatic N) is 1. The number of carbonyl (C=O) groups excluding carboxylic acids is 1. The monoisotopic (exact) mass is 329 g/mol. The highest BCUT2D eigenvalue weighted by atomic mass is 35.5. The van der Waals surface area contributed by atoms with E-state index in [2.05, 4.69) is 0 Å². The largest absolute Gasteiger partial charge is 0.481 e. The van der Waals surface area contributed by atoms with Gasteiger partial charge >= 0.3 is 5.97 Å². The minimum atomic E-state index is -0.908. The van der Waals surface area contributed by atoms with Gasteiger partial charge in [0.25, 0.3) is 0 Å². The third kappa shape index (κ3) is 3.33. The Labute approximate surface area is 133 Å². The quantitative estimate of drug-likeness (QED) is 0.918. The summed E-state index contributed by atoms with van der Waals surface area (Å²) in [7, 11) is 0. The van der Waals surface area contributed by atoms with Gasteiger partial charge in [0.05, 0.1) is 12.0 Å². The Balaban J connectivity index is 2.53. The van der Waals surface area contributed by atoms with Gasteiger partial charge in [-0.2, -0.15) is 0 Å². The van der Waals surface area contributed by atoms with E-state index in [1.165, 1.54) is 0 Å². The summed E-state index contributed by atoms with van der Waals surface area (Å²) in [6, 6.07) is 4.32. The van der Waals surface area contributed by atoms with Gasteiger partial charge in [0, 0.05) is 22.5 Å². The van der Waals surface area contributed by atoms with Gasteiger partial charge in [0.1, 0.15) is 0 Å². The van der Waals surface area contributed by atoms with E-state index in [4.69, 9.17) is 23.2 Å². The van der Waals surface area contributed by atoms with Crippen LogP contribution in [-0.2, 0) is 9.59 Å². The second kappa shape index (κ2) is 6.24. The van der Waals surface area contributed by atoms with E-state index in [9.17, 15) is 14.7 Å². The van der Waals surface area contributed by atoms with Crippen molar-refractivity contribution in [3.8, 4) is 0 Å². The Morgan fingerprint density at radius 3 is 2.33 bits per heavy atom. The standard InChI is InChI=1S/C15H17Cl2NO3/c1-8(2)18-13(19)4-3-12(15(20)21)14(18)9-5-10(16)7-11(17)6-9/h5-8,12,14H,3-4H2,1-2H3,(H,20,21). The van der Waals surface area contributed by atoms with Crippen LogP contribution in [0.5, 0.6) is 0 Å². The number of carbonyl (C=O) groups is 2. The first-order valence-electron chi connectivity index (χ1n) is 6.81. The molecule has 0 aromatic heterocycles. The number of benzene rings is 1. The molecule has 1 heterocycles. The lowest BCUT2D eigenvalue weighted by Crippen LogP contribution is -2.48. The van der Waals surface area contributed by atoms with Crippen LogP contribution in [0.4, 0.5) is 0 Å². The van der Waals surface area contributed by atoms with Gasteiger partial charge < -0.3 is 10.0 Å². The summed E-state index contributed by atoms with van der Waals surface area (Å²) in [5, 5.41) is 10.4. The molecule has 0 spiro atoms. The van der Waals surface area contributed by atoms with E-state index < -0.39 is 17.9 Å². The van der Waals surface area contributed by atoms with Gasteiger partial charge in [0.15, 0.2) is 0 Å². The average molecular weight is 330 g/mol. The zero-order valence-corrected chi connectivity index (χ0v) is 13.4. The van der Waals surface area contributed by atoms with Crippen LogP contribution in [0.1, 0.15) is 38.3 Å². The lowest BCUT2D eigenvalue weighted by molar-refractivity contribution is -0.153. The second-order valence-corrected chi connectivity index (χ2v) is 6.40. The van der Waals surface area contributed by atoms with Gasteiger partial charge in [-0.3, -0.25) is 9.59 Å². The maximum absolute atomic E-state index is 12.2. The second-order valence-electron chi connectivity index (χ2n) is 5.53. The normalized spacial score (nSPS) is 22.7. The maximum atomic E-state index is 12.2. The van der Waals surface area contributed by atoms with Crippen molar-refractivity contribution in [3.05, 3.63) is 33.8 Å². The van der Waals surface area contributed by atoms with E-state index >= 15 is 0 Å². The first-order chi connectivity index (χ1) is 9.81. The number of rotatable bonds is 3.